The Morgan fingerprint density at radius 1 is 1.43 bits per heavy atom. The minimum absolute atomic E-state index is 0.0518. The maximum atomic E-state index is 6.44. The highest BCUT2D eigenvalue weighted by Crippen LogP contribution is 2.32. The normalized spacial score (nSPS) is 18.3. The minimum atomic E-state index is 0.0518. The van der Waals surface area contributed by atoms with Gasteiger partial charge in [-0.2, -0.15) is 16.9 Å². The van der Waals surface area contributed by atoms with Crippen LogP contribution < -0.4 is 5.73 Å². The molecule has 0 aromatic carbocycles. The summed E-state index contributed by atoms with van der Waals surface area (Å²) in [5.41, 5.74) is 7.58. The molecule has 6 heteroatoms. The van der Waals surface area contributed by atoms with Gasteiger partial charge < -0.3 is 10.6 Å². The van der Waals surface area contributed by atoms with Crippen molar-refractivity contribution in [2.24, 2.45) is 5.73 Å². The first-order valence-electron chi connectivity index (χ1n) is 7.81. The number of thioether (sulfide) groups is 1. The highest BCUT2D eigenvalue weighted by molar-refractivity contribution is 9.10. The van der Waals surface area contributed by atoms with E-state index in [9.17, 15) is 0 Å². The molecule has 1 unspecified atom stereocenters. The third kappa shape index (κ3) is 5.27. The molecule has 1 saturated carbocycles. The van der Waals surface area contributed by atoms with Crippen LogP contribution in [0.2, 0.25) is 0 Å². The number of hydrogen-bond acceptors (Lipinski definition) is 4. The monoisotopic (exact) mass is 374 g/mol. The topological polar surface area (TPSA) is 47.1 Å². The van der Waals surface area contributed by atoms with Crippen molar-refractivity contribution in [1.82, 2.24) is 14.7 Å². The molecule has 1 aromatic rings. The van der Waals surface area contributed by atoms with Crippen molar-refractivity contribution in [3.63, 3.8) is 0 Å². The molecular formula is C15H27BrN4S. The van der Waals surface area contributed by atoms with Crippen molar-refractivity contribution in [1.29, 1.82) is 0 Å². The van der Waals surface area contributed by atoms with Crippen LogP contribution in [-0.4, -0.2) is 46.3 Å². The number of nitrogens with two attached hydrogens (primary N) is 1. The summed E-state index contributed by atoms with van der Waals surface area (Å²) in [4.78, 5) is 2.17. The van der Waals surface area contributed by atoms with E-state index < -0.39 is 0 Å². The fourth-order valence-electron chi connectivity index (χ4n) is 2.76. The SMILES string of the molecule is CN(C)CCn1ncc(Br)c1C(N)CSC1CCCCC1. The Kier molecular flexibility index (Phi) is 7.05. The first-order valence-corrected chi connectivity index (χ1v) is 9.65. The first-order chi connectivity index (χ1) is 10.1. The molecule has 0 bridgehead atoms. The van der Waals surface area contributed by atoms with E-state index in [1.54, 1.807) is 0 Å². The molecule has 2 rings (SSSR count). The lowest BCUT2D eigenvalue weighted by atomic mass is 10.0. The number of likely N-dealkylation sites (N-methyl/N-ethyl adjacent to an activating group) is 1. The molecule has 1 aromatic heterocycles. The number of hydrogen-bond donors (Lipinski definition) is 1. The Morgan fingerprint density at radius 3 is 2.81 bits per heavy atom. The summed E-state index contributed by atoms with van der Waals surface area (Å²) in [5, 5.41) is 5.26. The second-order valence-corrected chi connectivity index (χ2v) is 8.29. The maximum Gasteiger partial charge on any atom is 0.0702 e. The summed E-state index contributed by atoms with van der Waals surface area (Å²) in [6.45, 7) is 1.86. The van der Waals surface area contributed by atoms with Crippen molar-refractivity contribution in [2.75, 3.05) is 26.4 Å². The number of nitrogens with zero attached hydrogens (tertiary/aromatic N) is 3. The maximum absolute atomic E-state index is 6.44. The summed E-state index contributed by atoms with van der Waals surface area (Å²) in [6.07, 6.45) is 8.77. The van der Waals surface area contributed by atoms with E-state index in [2.05, 4.69) is 44.7 Å². The van der Waals surface area contributed by atoms with E-state index in [-0.39, 0.29) is 6.04 Å². The van der Waals surface area contributed by atoms with Gasteiger partial charge in [0.05, 0.1) is 29.0 Å². The van der Waals surface area contributed by atoms with Crippen LogP contribution in [0.5, 0.6) is 0 Å². The molecule has 21 heavy (non-hydrogen) atoms. The third-order valence-electron chi connectivity index (χ3n) is 4.01. The zero-order valence-corrected chi connectivity index (χ0v) is 15.5. The van der Waals surface area contributed by atoms with Crippen LogP contribution >= 0.6 is 27.7 Å². The van der Waals surface area contributed by atoms with Gasteiger partial charge in [0.15, 0.2) is 0 Å². The van der Waals surface area contributed by atoms with E-state index in [0.29, 0.717) is 0 Å². The Hall–Kier alpha value is -0.0400. The van der Waals surface area contributed by atoms with Crippen LogP contribution in [0.15, 0.2) is 10.7 Å². The van der Waals surface area contributed by atoms with Crippen LogP contribution in [0.25, 0.3) is 0 Å². The first kappa shape index (κ1) is 17.3. The fraction of sp³-hybridized carbons (Fsp3) is 0.800. The Labute approximate surface area is 141 Å². The summed E-state index contributed by atoms with van der Waals surface area (Å²) < 4.78 is 3.09. The zero-order valence-electron chi connectivity index (χ0n) is 13.1. The molecule has 120 valence electrons. The highest BCUT2D eigenvalue weighted by Gasteiger charge is 2.20. The van der Waals surface area contributed by atoms with Gasteiger partial charge in [0.2, 0.25) is 0 Å². The smallest absolute Gasteiger partial charge is 0.0702 e. The van der Waals surface area contributed by atoms with Gasteiger partial charge in [-0.15, -0.1) is 0 Å². The average Bonchev–Trinajstić information content (AvgIpc) is 2.85. The summed E-state index contributed by atoms with van der Waals surface area (Å²) in [7, 11) is 4.16. The number of halogens is 1. The zero-order chi connectivity index (χ0) is 15.2. The van der Waals surface area contributed by atoms with Crippen molar-refractivity contribution in [2.45, 2.75) is 49.9 Å². The number of aromatic nitrogens is 2. The van der Waals surface area contributed by atoms with E-state index >= 15 is 0 Å². The average molecular weight is 375 g/mol. The van der Waals surface area contributed by atoms with Crippen LogP contribution in [0, 0.1) is 0 Å². The Bertz CT molecular complexity index is 429. The molecule has 4 nitrogen and oxygen atoms in total. The molecule has 0 spiro atoms. The predicted octanol–water partition coefficient (Wildman–Crippen LogP) is 3.27. The van der Waals surface area contributed by atoms with Crippen LogP contribution in [0.1, 0.15) is 43.8 Å². The van der Waals surface area contributed by atoms with E-state index in [4.69, 9.17) is 5.73 Å². The summed E-state index contributed by atoms with van der Waals surface area (Å²) in [6, 6.07) is 0.0518. The fourth-order valence-corrected chi connectivity index (χ4v) is 4.66. The second-order valence-electron chi connectivity index (χ2n) is 6.10. The lowest BCUT2D eigenvalue weighted by Gasteiger charge is -2.23. The molecule has 1 atom stereocenters. The van der Waals surface area contributed by atoms with Crippen LogP contribution in [0.4, 0.5) is 0 Å². The van der Waals surface area contributed by atoms with Gasteiger partial charge >= 0.3 is 0 Å². The van der Waals surface area contributed by atoms with Crippen molar-refractivity contribution in [3.8, 4) is 0 Å². The minimum Gasteiger partial charge on any atom is -0.322 e. The third-order valence-corrected chi connectivity index (χ3v) is 6.11. The molecule has 1 aliphatic rings. The Morgan fingerprint density at radius 2 is 2.14 bits per heavy atom. The largest absolute Gasteiger partial charge is 0.322 e. The van der Waals surface area contributed by atoms with Crippen LogP contribution in [0.3, 0.4) is 0 Å². The van der Waals surface area contributed by atoms with Gasteiger partial charge in [0.1, 0.15) is 0 Å². The molecule has 0 radical (unpaired) electrons. The molecule has 1 aliphatic carbocycles. The van der Waals surface area contributed by atoms with Crippen molar-refractivity contribution >= 4 is 27.7 Å². The second kappa shape index (κ2) is 8.56. The lowest BCUT2D eigenvalue weighted by molar-refractivity contribution is 0.367. The quantitative estimate of drug-likeness (QED) is 0.795. The predicted molar refractivity (Wildman–Crippen MR) is 94.7 cm³/mol. The van der Waals surface area contributed by atoms with E-state index in [1.807, 2.05) is 18.0 Å². The van der Waals surface area contributed by atoms with Gasteiger partial charge in [-0.3, -0.25) is 4.68 Å². The summed E-state index contributed by atoms with van der Waals surface area (Å²) >= 11 is 5.65. The molecule has 1 heterocycles. The molecular weight excluding hydrogens is 348 g/mol. The summed E-state index contributed by atoms with van der Waals surface area (Å²) in [5.74, 6) is 0.983. The number of rotatable bonds is 7. The molecule has 2 N–H and O–H groups in total. The van der Waals surface area contributed by atoms with Crippen LogP contribution in [-0.2, 0) is 6.54 Å². The molecule has 1 fully saturated rings. The van der Waals surface area contributed by atoms with Gasteiger partial charge in [0.25, 0.3) is 0 Å². The lowest BCUT2D eigenvalue weighted by Crippen LogP contribution is -2.24. The van der Waals surface area contributed by atoms with Gasteiger partial charge in [-0.1, -0.05) is 19.3 Å². The van der Waals surface area contributed by atoms with E-state index in [1.165, 1.54) is 32.1 Å². The van der Waals surface area contributed by atoms with Gasteiger partial charge in [-0.05, 0) is 42.9 Å². The van der Waals surface area contributed by atoms with E-state index in [0.717, 1.165) is 34.3 Å². The molecule has 0 aliphatic heterocycles. The standard InChI is InChI=1S/C15H27BrN4S/c1-19(2)8-9-20-15(13(16)10-18-20)14(17)11-21-12-6-4-3-5-7-12/h10,12,14H,3-9,11,17H2,1-2H3. The van der Waals surface area contributed by atoms with Crippen molar-refractivity contribution in [3.05, 3.63) is 16.4 Å². The van der Waals surface area contributed by atoms with Crippen molar-refractivity contribution < 1.29 is 0 Å². The Balaban J connectivity index is 1.91. The van der Waals surface area contributed by atoms with Gasteiger partial charge in [-0.25, -0.2) is 0 Å². The molecule has 0 saturated heterocycles. The highest BCUT2D eigenvalue weighted by atomic mass is 79.9. The molecule has 0 amide bonds. The van der Waals surface area contributed by atoms with Gasteiger partial charge in [0, 0.05) is 17.5 Å².